The van der Waals surface area contributed by atoms with Gasteiger partial charge in [-0.25, -0.2) is 19.0 Å². The molecule has 0 saturated heterocycles. The van der Waals surface area contributed by atoms with E-state index in [4.69, 9.17) is 21.4 Å². The van der Waals surface area contributed by atoms with Gasteiger partial charge in [0.05, 0.1) is 23.0 Å². The highest BCUT2D eigenvalue weighted by atomic mass is 35.5. The lowest BCUT2D eigenvalue weighted by atomic mass is 9.82. The number of rotatable bonds is 7. The molecular formula is C29H33ClN6O3. The maximum atomic E-state index is 13.7. The molecule has 10 heteroatoms. The average Bonchev–Trinajstić information content (AvgIpc) is 3.54. The topological polar surface area (TPSA) is 94.6 Å². The van der Waals surface area contributed by atoms with E-state index in [0.717, 1.165) is 31.2 Å². The number of nitrogens with zero attached hydrogens (tertiary/aromatic N) is 6. The summed E-state index contributed by atoms with van der Waals surface area (Å²) in [5.74, 6) is 0.326. The summed E-state index contributed by atoms with van der Waals surface area (Å²) >= 11 is 6.71. The smallest absolute Gasteiger partial charge is 0.343 e. The number of hydrogen-bond acceptors (Lipinski definition) is 6. The Morgan fingerprint density at radius 1 is 1.15 bits per heavy atom. The van der Waals surface area contributed by atoms with Crippen molar-refractivity contribution >= 4 is 34.9 Å². The number of carbonyl (C=O) groups is 2. The van der Waals surface area contributed by atoms with E-state index in [-0.39, 0.29) is 30.0 Å². The van der Waals surface area contributed by atoms with Crippen molar-refractivity contribution in [3.05, 3.63) is 59.5 Å². The highest BCUT2D eigenvalue weighted by Gasteiger charge is 2.34. The summed E-state index contributed by atoms with van der Waals surface area (Å²) in [7, 11) is 0. The highest BCUT2D eigenvalue weighted by molar-refractivity contribution is 6.33. The number of benzene rings is 1. The van der Waals surface area contributed by atoms with Gasteiger partial charge in [0.2, 0.25) is 5.91 Å². The van der Waals surface area contributed by atoms with Crippen LogP contribution in [-0.2, 0) is 9.53 Å². The van der Waals surface area contributed by atoms with E-state index in [1.54, 1.807) is 39.5 Å². The molecule has 0 N–H and O–H groups in total. The number of fused-ring (bicyclic) bond motifs is 1. The van der Waals surface area contributed by atoms with Crippen LogP contribution in [0.3, 0.4) is 0 Å². The van der Waals surface area contributed by atoms with Crippen LogP contribution in [0.5, 0.6) is 0 Å². The molecule has 204 valence electrons. The van der Waals surface area contributed by atoms with Crippen LogP contribution in [0, 0.1) is 11.8 Å². The molecule has 0 aliphatic heterocycles. The van der Waals surface area contributed by atoms with Gasteiger partial charge in [0, 0.05) is 42.2 Å². The van der Waals surface area contributed by atoms with Crippen LogP contribution in [0.2, 0.25) is 5.02 Å². The van der Waals surface area contributed by atoms with Gasteiger partial charge in [-0.2, -0.15) is 5.10 Å². The van der Waals surface area contributed by atoms with E-state index in [0.29, 0.717) is 33.8 Å². The molecular weight excluding hydrogens is 516 g/mol. The summed E-state index contributed by atoms with van der Waals surface area (Å²) in [6.45, 7) is 8.07. The number of halogens is 1. The first-order valence-electron chi connectivity index (χ1n) is 13.5. The van der Waals surface area contributed by atoms with Gasteiger partial charge < -0.3 is 4.74 Å². The largest absolute Gasteiger partial charge is 0.462 e. The number of amides is 1. The molecule has 0 spiro atoms. The molecule has 1 saturated carbocycles. The SMILES string of the molecule is CCOC(=O)c1cn(-c2ccc(-c3cc4ncccn4n3)c(Cl)c2)nc1N(C(=O)[C@H]1CC[C@H](C)CC1)C(C)C. The average molecular weight is 549 g/mol. The quantitative estimate of drug-likeness (QED) is 0.264. The van der Waals surface area contributed by atoms with Crippen molar-refractivity contribution in [1.82, 2.24) is 24.4 Å². The van der Waals surface area contributed by atoms with Crippen molar-refractivity contribution in [2.75, 3.05) is 11.5 Å². The predicted molar refractivity (Wildman–Crippen MR) is 150 cm³/mol. The second kappa shape index (κ2) is 11.2. The van der Waals surface area contributed by atoms with Gasteiger partial charge in [0.1, 0.15) is 5.56 Å². The van der Waals surface area contributed by atoms with Gasteiger partial charge in [0.25, 0.3) is 0 Å². The lowest BCUT2D eigenvalue weighted by Gasteiger charge is -2.32. The molecule has 1 aromatic carbocycles. The molecule has 39 heavy (non-hydrogen) atoms. The summed E-state index contributed by atoms with van der Waals surface area (Å²) in [4.78, 5) is 32.7. The molecule has 0 unspecified atom stereocenters. The lowest BCUT2D eigenvalue weighted by Crippen LogP contribution is -2.43. The second-order valence-corrected chi connectivity index (χ2v) is 10.8. The zero-order chi connectivity index (χ0) is 27.7. The van der Waals surface area contributed by atoms with Crippen molar-refractivity contribution in [3.8, 4) is 16.9 Å². The maximum Gasteiger partial charge on any atom is 0.343 e. The van der Waals surface area contributed by atoms with Crippen molar-refractivity contribution in [1.29, 1.82) is 0 Å². The van der Waals surface area contributed by atoms with Crippen LogP contribution in [0.15, 0.2) is 48.9 Å². The van der Waals surface area contributed by atoms with E-state index in [1.165, 1.54) is 0 Å². The van der Waals surface area contributed by atoms with Crippen LogP contribution < -0.4 is 4.90 Å². The van der Waals surface area contributed by atoms with Crippen LogP contribution in [0.1, 0.15) is 63.7 Å². The fourth-order valence-electron chi connectivity index (χ4n) is 5.15. The summed E-state index contributed by atoms with van der Waals surface area (Å²) in [5.41, 5.74) is 3.04. The number of ether oxygens (including phenoxy) is 1. The van der Waals surface area contributed by atoms with Gasteiger partial charge in [-0.15, -0.1) is 5.10 Å². The molecule has 5 rings (SSSR count). The molecule has 1 aliphatic rings. The zero-order valence-electron chi connectivity index (χ0n) is 22.7. The van der Waals surface area contributed by atoms with Gasteiger partial charge in [0.15, 0.2) is 11.5 Å². The van der Waals surface area contributed by atoms with Crippen LogP contribution in [-0.4, -0.2) is 48.9 Å². The van der Waals surface area contributed by atoms with Crippen molar-refractivity contribution in [3.63, 3.8) is 0 Å². The van der Waals surface area contributed by atoms with Crippen LogP contribution >= 0.6 is 11.6 Å². The first-order valence-corrected chi connectivity index (χ1v) is 13.8. The fraction of sp³-hybridized carbons (Fsp3) is 0.414. The van der Waals surface area contributed by atoms with Gasteiger partial charge in [-0.1, -0.05) is 18.5 Å². The first-order chi connectivity index (χ1) is 18.8. The monoisotopic (exact) mass is 548 g/mol. The molecule has 9 nitrogen and oxygen atoms in total. The molecule has 4 aromatic rings. The van der Waals surface area contributed by atoms with Gasteiger partial charge >= 0.3 is 5.97 Å². The summed E-state index contributed by atoms with van der Waals surface area (Å²) < 4.78 is 8.61. The molecule has 3 heterocycles. The van der Waals surface area contributed by atoms with Crippen LogP contribution in [0.25, 0.3) is 22.6 Å². The molecule has 1 amide bonds. The van der Waals surface area contributed by atoms with Crippen molar-refractivity contribution in [2.24, 2.45) is 11.8 Å². The zero-order valence-corrected chi connectivity index (χ0v) is 23.4. The molecule has 1 aliphatic carbocycles. The third-order valence-electron chi connectivity index (χ3n) is 7.27. The number of carbonyl (C=O) groups excluding carboxylic acids is 2. The molecule has 1 fully saturated rings. The Labute approximate surface area is 232 Å². The Morgan fingerprint density at radius 2 is 1.92 bits per heavy atom. The summed E-state index contributed by atoms with van der Waals surface area (Å²) in [6, 6.07) is 8.97. The van der Waals surface area contributed by atoms with Gasteiger partial charge in [-0.05, 0) is 76.6 Å². The Bertz CT molecular complexity index is 1470. The standard InChI is InChI=1S/C29H33ClN6O3/c1-5-39-29(38)23-17-35(33-27(23)36(18(2)3)28(37)20-9-7-19(4)8-10-20)21-11-12-22(24(30)15-21)25-16-26-31-13-6-14-34(26)32-25/h6,11-20H,5,7-10H2,1-4H3/t19-,20-. The van der Waals surface area contributed by atoms with E-state index in [9.17, 15) is 9.59 Å². The van der Waals surface area contributed by atoms with E-state index >= 15 is 0 Å². The Morgan fingerprint density at radius 3 is 2.59 bits per heavy atom. The number of esters is 1. The Kier molecular flexibility index (Phi) is 7.70. The minimum Gasteiger partial charge on any atom is -0.462 e. The molecule has 0 bridgehead atoms. The molecule has 3 aromatic heterocycles. The van der Waals surface area contributed by atoms with Gasteiger partial charge in [-0.3, -0.25) is 9.69 Å². The second-order valence-electron chi connectivity index (χ2n) is 10.4. The number of hydrogen-bond donors (Lipinski definition) is 0. The fourth-order valence-corrected chi connectivity index (χ4v) is 5.42. The summed E-state index contributed by atoms with van der Waals surface area (Å²) in [6.07, 6.45) is 8.87. The lowest BCUT2D eigenvalue weighted by molar-refractivity contribution is -0.124. The summed E-state index contributed by atoms with van der Waals surface area (Å²) in [5, 5.41) is 9.78. The van der Waals surface area contributed by atoms with E-state index in [2.05, 4.69) is 17.0 Å². The Hall–Kier alpha value is -3.72. The van der Waals surface area contributed by atoms with Crippen LogP contribution in [0.4, 0.5) is 5.82 Å². The van der Waals surface area contributed by atoms with Crippen molar-refractivity contribution in [2.45, 2.75) is 59.4 Å². The van der Waals surface area contributed by atoms with Crippen molar-refractivity contribution < 1.29 is 14.3 Å². The molecule has 0 atom stereocenters. The first kappa shape index (κ1) is 26.9. The predicted octanol–water partition coefficient (Wildman–Crippen LogP) is 5.98. The third kappa shape index (κ3) is 5.41. The minimum absolute atomic E-state index is 0.00142. The Balaban J connectivity index is 1.52. The number of anilines is 1. The van der Waals surface area contributed by atoms with E-state index < -0.39 is 5.97 Å². The molecule has 0 radical (unpaired) electrons. The highest BCUT2D eigenvalue weighted by Crippen LogP contribution is 2.34. The third-order valence-corrected chi connectivity index (χ3v) is 7.58. The van der Waals surface area contributed by atoms with E-state index in [1.807, 2.05) is 44.3 Å². The normalized spacial score (nSPS) is 17.5. The minimum atomic E-state index is -0.519. The number of aromatic nitrogens is 5. The maximum absolute atomic E-state index is 13.7.